The number of hydrogen-bond acceptors (Lipinski definition) is 5. The first-order valence-corrected chi connectivity index (χ1v) is 10.4. The van der Waals surface area contributed by atoms with Crippen LogP contribution in [0.1, 0.15) is 35.6 Å². The first-order chi connectivity index (χ1) is 13.2. The van der Waals surface area contributed by atoms with Crippen molar-refractivity contribution in [2.75, 3.05) is 12.9 Å². The van der Waals surface area contributed by atoms with Crippen molar-refractivity contribution < 1.29 is 23.1 Å². The average Bonchev–Trinajstić information content (AvgIpc) is 2.65. The maximum Gasteiger partial charge on any atom is 0.341 e. The normalized spacial score (nSPS) is 10.5. The van der Waals surface area contributed by atoms with Crippen LogP contribution in [0.25, 0.3) is 0 Å². The highest BCUT2D eigenvalue weighted by Crippen LogP contribution is 2.21. The monoisotopic (exact) mass is 397 g/mol. The molecular weight excluding hydrogens is 378 g/mol. The highest BCUT2D eigenvalue weighted by atomic mass is 32.2. The molecule has 2 aromatic rings. The van der Waals surface area contributed by atoms with Gasteiger partial charge in [-0.05, 0) is 42.3 Å². The minimum absolute atomic E-state index is 0.171. The second-order valence-electron chi connectivity index (χ2n) is 6.10. The van der Waals surface area contributed by atoms with Crippen molar-refractivity contribution in [2.45, 2.75) is 24.7 Å². The summed E-state index contributed by atoms with van der Waals surface area (Å²) >= 11 is 0. The standard InChI is InChI=1S/C21H19NO5S/c1-3-4-16-8-9-19(28(2,25)26)12-17(16)6-7-18-11-15(13-22)5-10-20(18)27-14-21(23)24/h5,8-12H,3-4,14H2,1-2H3,(H,23,24). The van der Waals surface area contributed by atoms with Gasteiger partial charge in [0.25, 0.3) is 0 Å². The fourth-order valence-electron chi connectivity index (χ4n) is 2.49. The Morgan fingerprint density at radius 1 is 1.14 bits per heavy atom. The Bertz CT molecular complexity index is 1100. The summed E-state index contributed by atoms with van der Waals surface area (Å²) in [4.78, 5) is 10.9. The lowest BCUT2D eigenvalue weighted by Gasteiger charge is -2.07. The second kappa shape index (κ2) is 9.07. The van der Waals surface area contributed by atoms with Crippen LogP contribution in [-0.4, -0.2) is 32.4 Å². The first kappa shape index (κ1) is 21.0. The third-order valence-corrected chi connectivity index (χ3v) is 4.93. The van der Waals surface area contributed by atoms with Crippen LogP contribution in [0.4, 0.5) is 0 Å². The second-order valence-corrected chi connectivity index (χ2v) is 8.11. The van der Waals surface area contributed by atoms with Gasteiger partial charge in [0.15, 0.2) is 16.4 Å². The van der Waals surface area contributed by atoms with Crippen LogP contribution >= 0.6 is 0 Å². The van der Waals surface area contributed by atoms with E-state index in [0.29, 0.717) is 16.7 Å². The lowest BCUT2D eigenvalue weighted by molar-refractivity contribution is -0.139. The molecule has 1 N–H and O–H groups in total. The van der Waals surface area contributed by atoms with Gasteiger partial charge in [0, 0.05) is 11.8 Å². The van der Waals surface area contributed by atoms with Gasteiger partial charge in [-0.2, -0.15) is 5.26 Å². The molecule has 0 amide bonds. The summed E-state index contributed by atoms with van der Waals surface area (Å²) in [6.45, 7) is 1.47. The highest BCUT2D eigenvalue weighted by molar-refractivity contribution is 7.90. The summed E-state index contributed by atoms with van der Waals surface area (Å²) in [5.41, 5.74) is 2.18. The highest BCUT2D eigenvalue weighted by Gasteiger charge is 2.10. The summed E-state index contributed by atoms with van der Waals surface area (Å²) in [5, 5.41) is 17.9. The topological polar surface area (TPSA) is 104 Å². The Balaban J connectivity index is 2.54. The van der Waals surface area contributed by atoms with E-state index < -0.39 is 22.4 Å². The van der Waals surface area contributed by atoms with Crippen molar-refractivity contribution in [3.05, 3.63) is 58.7 Å². The quantitative estimate of drug-likeness (QED) is 0.752. The largest absolute Gasteiger partial charge is 0.481 e. The van der Waals surface area contributed by atoms with E-state index >= 15 is 0 Å². The molecule has 0 heterocycles. The van der Waals surface area contributed by atoms with Gasteiger partial charge in [0.05, 0.1) is 22.1 Å². The molecule has 0 saturated carbocycles. The Morgan fingerprint density at radius 2 is 1.86 bits per heavy atom. The molecule has 0 atom stereocenters. The maximum absolute atomic E-state index is 11.9. The molecule has 2 rings (SSSR count). The maximum atomic E-state index is 11.9. The molecule has 0 aliphatic heterocycles. The number of ether oxygens (including phenoxy) is 1. The Hall–Kier alpha value is -3.29. The molecule has 0 spiro atoms. The summed E-state index contributed by atoms with van der Waals surface area (Å²) in [5.74, 6) is 4.96. The number of benzene rings is 2. The average molecular weight is 397 g/mol. The van der Waals surface area contributed by atoms with Crippen LogP contribution in [0.3, 0.4) is 0 Å². The van der Waals surface area contributed by atoms with E-state index in [4.69, 9.17) is 15.1 Å². The molecule has 2 aromatic carbocycles. The van der Waals surface area contributed by atoms with E-state index in [9.17, 15) is 13.2 Å². The Labute approximate surface area is 164 Å². The van der Waals surface area contributed by atoms with Crippen molar-refractivity contribution in [1.29, 1.82) is 5.26 Å². The number of rotatable bonds is 6. The van der Waals surface area contributed by atoms with Gasteiger partial charge in [-0.1, -0.05) is 31.3 Å². The summed E-state index contributed by atoms with van der Waals surface area (Å²) in [6.07, 6.45) is 2.73. The number of carboxylic acid groups (broad SMARTS) is 1. The van der Waals surface area contributed by atoms with Crippen molar-refractivity contribution in [3.63, 3.8) is 0 Å². The predicted octanol–water partition coefficient (Wildman–Crippen LogP) is 2.78. The minimum atomic E-state index is -3.38. The molecule has 28 heavy (non-hydrogen) atoms. The molecule has 144 valence electrons. The fourth-order valence-corrected chi connectivity index (χ4v) is 3.13. The van der Waals surface area contributed by atoms with E-state index in [2.05, 4.69) is 11.8 Å². The summed E-state index contributed by atoms with van der Waals surface area (Å²) in [6, 6.07) is 11.3. The third-order valence-electron chi connectivity index (χ3n) is 3.82. The number of aryl methyl sites for hydroxylation is 1. The fraction of sp³-hybridized carbons (Fsp3) is 0.238. The van der Waals surface area contributed by atoms with Crippen LogP contribution in [0.5, 0.6) is 5.75 Å². The van der Waals surface area contributed by atoms with Gasteiger partial charge in [-0.3, -0.25) is 0 Å². The Kier molecular flexibility index (Phi) is 6.81. The molecule has 6 nitrogen and oxygen atoms in total. The summed E-state index contributed by atoms with van der Waals surface area (Å²) < 4.78 is 28.9. The number of aliphatic carboxylic acids is 1. The molecular formula is C21H19NO5S. The van der Waals surface area contributed by atoms with Gasteiger partial charge in [-0.15, -0.1) is 0 Å². The van der Waals surface area contributed by atoms with Crippen molar-refractivity contribution in [2.24, 2.45) is 0 Å². The van der Waals surface area contributed by atoms with Crippen LogP contribution in [0.2, 0.25) is 0 Å². The van der Waals surface area contributed by atoms with Crippen LogP contribution in [-0.2, 0) is 21.1 Å². The zero-order valence-corrected chi connectivity index (χ0v) is 16.3. The lowest BCUT2D eigenvalue weighted by Crippen LogP contribution is -2.10. The minimum Gasteiger partial charge on any atom is -0.481 e. The molecule has 7 heteroatoms. The number of carbonyl (C=O) groups is 1. The molecule has 0 bridgehead atoms. The van der Waals surface area contributed by atoms with E-state index in [0.717, 1.165) is 24.7 Å². The molecule has 0 fully saturated rings. The van der Waals surface area contributed by atoms with Gasteiger partial charge in [0.1, 0.15) is 5.75 Å². The van der Waals surface area contributed by atoms with Crippen molar-refractivity contribution >= 4 is 15.8 Å². The number of sulfone groups is 1. The number of nitrogens with zero attached hydrogens (tertiary/aromatic N) is 1. The van der Waals surface area contributed by atoms with Crippen LogP contribution < -0.4 is 4.74 Å². The van der Waals surface area contributed by atoms with E-state index in [-0.39, 0.29) is 10.6 Å². The van der Waals surface area contributed by atoms with Crippen molar-refractivity contribution in [3.8, 4) is 23.7 Å². The predicted molar refractivity (Wildman–Crippen MR) is 104 cm³/mol. The molecule has 0 aromatic heterocycles. The smallest absolute Gasteiger partial charge is 0.341 e. The van der Waals surface area contributed by atoms with E-state index in [1.54, 1.807) is 12.1 Å². The Morgan fingerprint density at radius 3 is 2.46 bits per heavy atom. The molecule has 0 saturated heterocycles. The third kappa shape index (κ3) is 5.60. The van der Waals surface area contributed by atoms with Gasteiger partial charge in [0.2, 0.25) is 0 Å². The summed E-state index contributed by atoms with van der Waals surface area (Å²) in [7, 11) is -3.38. The van der Waals surface area contributed by atoms with Gasteiger partial charge in [-0.25, -0.2) is 13.2 Å². The van der Waals surface area contributed by atoms with Crippen molar-refractivity contribution in [1.82, 2.24) is 0 Å². The molecule has 0 unspecified atom stereocenters. The molecule has 0 aliphatic rings. The lowest BCUT2D eigenvalue weighted by atomic mass is 10.0. The van der Waals surface area contributed by atoms with Crippen LogP contribution in [0.15, 0.2) is 41.3 Å². The molecule has 0 radical (unpaired) electrons. The van der Waals surface area contributed by atoms with Gasteiger partial charge >= 0.3 is 5.97 Å². The zero-order chi connectivity index (χ0) is 20.7. The number of hydrogen-bond donors (Lipinski definition) is 1. The van der Waals surface area contributed by atoms with E-state index in [1.165, 1.54) is 24.3 Å². The van der Waals surface area contributed by atoms with Crippen LogP contribution in [0, 0.1) is 23.2 Å². The number of nitriles is 1. The number of carboxylic acids is 1. The first-order valence-electron chi connectivity index (χ1n) is 8.48. The zero-order valence-electron chi connectivity index (χ0n) is 15.5. The SMILES string of the molecule is CCCc1ccc(S(C)(=O)=O)cc1C#Cc1cc(C#N)ccc1OCC(=O)O. The van der Waals surface area contributed by atoms with E-state index in [1.807, 2.05) is 13.0 Å². The molecule has 0 aliphatic carbocycles. The van der Waals surface area contributed by atoms with Gasteiger partial charge < -0.3 is 9.84 Å².